The average Bonchev–Trinajstić information content (AvgIpc) is 2.32. The van der Waals surface area contributed by atoms with E-state index in [1.54, 1.807) is 7.05 Å². The molecular formula is C14H21NO3. The molecule has 1 N–H and O–H groups in total. The standard InChI is InChI=1S/C14H21NO3/c1-10-7-11(2)9-12(8-10)18-6-5-13(15-3)14(16)17-4/h7-9,13,15H,5-6H2,1-4H3. The molecule has 0 aliphatic rings. The summed E-state index contributed by atoms with van der Waals surface area (Å²) >= 11 is 0. The quantitative estimate of drug-likeness (QED) is 0.784. The van der Waals surface area contributed by atoms with Crippen LogP contribution in [-0.2, 0) is 9.53 Å². The van der Waals surface area contributed by atoms with Crippen molar-refractivity contribution in [3.8, 4) is 5.75 Å². The number of esters is 1. The Hall–Kier alpha value is -1.55. The van der Waals surface area contributed by atoms with Gasteiger partial charge in [-0.15, -0.1) is 0 Å². The summed E-state index contributed by atoms with van der Waals surface area (Å²) in [4.78, 5) is 11.4. The summed E-state index contributed by atoms with van der Waals surface area (Å²) in [6.45, 7) is 4.54. The van der Waals surface area contributed by atoms with E-state index >= 15 is 0 Å². The Morgan fingerprint density at radius 3 is 2.39 bits per heavy atom. The summed E-state index contributed by atoms with van der Waals surface area (Å²) in [5.41, 5.74) is 2.34. The number of carbonyl (C=O) groups excluding carboxylic acids is 1. The first-order chi connectivity index (χ1) is 8.56. The number of likely N-dealkylation sites (N-methyl/N-ethyl adjacent to an activating group) is 1. The summed E-state index contributed by atoms with van der Waals surface area (Å²) in [5.74, 6) is 0.578. The third-order valence-electron chi connectivity index (χ3n) is 2.70. The van der Waals surface area contributed by atoms with Gasteiger partial charge in [0.05, 0.1) is 13.7 Å². The van der Waals surface area contributed by atoms with E-state index in [4.69, 9.17) is 4.74 Å². The fraction of sp³-hybridized carbons (Fsp3) is 0.500. The van der Waals surface area contributed by atoms with Crippen molar-refractivity contribution in [2.45, 2.75) is 26.3 Å². The van der Waals surface area contributed by atoms with Crippen LogP contribution in [0.2, 0.25) is 0 Å². The van der Waals surface area contributed by atoms with Crippen molar-refractivity contribution in [1.29, 1.82) is 0 Å². The number of carbonyl (C=O) groups is 1. The van der Waals surface area contributed by atoms with E-state index in [9.17, 15) is 4.79 Å². The van der Waals surface area contributed by atoms with Gasteiger partial charge in [-0.2, -0.15) is 0 Å². The van der Waals surface area contributed by atoms with Crippen molar-refractivity contribution >= 4 is 5.97 Å². The summed E-state index contributed by atoms with van der Waals surface area (Å²) in [6, 6.07) is 5.75. The molecule has 1 aromatic rings. The molecule has 0 saturated heterocycles. The smallest absolute Gasteiger partial charge is 0.322 e. The number of rotatable bonds is 6. The fourth-order valence-electron chi connectivity index (χ4n) is 1.83. The lowest BCUT2D eigenvalue weighted by Gasteiger charge is -2.14. The molecule has 0 aliphatic carbocycles. The Morgan fingerprint density at radius 2 is 1.89 bits per heavy atom. The predicted octanol–water partition coefficient (Wildman–Crippen LogP) is 1.83. The summed E-state index contributed by atoms with van der Waals surface area (Å²) in [5, 5.41) is 2.91. The number of hydrogen-bond acceptors (Lipinski definition) is 4. The third kappa shape index (κ3) is 4.37. The monoisotopic (exact) mass is 251 g/mol. The van der Waals surface area contributed by atoms with E-state index in [0.717, 1.165) is 5.75 Å². The SMILES string of the molecule is CNC(CCOc1cc(C)cc(C)c1)C(=O)OC. The van der Waals surface area contributed by atoms with Gasteiger partial charge in [0.1, 0.15) is 11.8 Å². The molecule has 0 aliphatic heterocycles. The lowest BCUT2D eigenvalue weighted by atomic mass is 10.1. The second-order valence-electron chi connectivity index (χ2n) is 4.32. The van der Waals surface area contributed by atoms with Gasteiger partial charge < -0.3 is 14.8 Å². The van der Waals surface area contributed by atoms with Crippen LogP contribution < -0.4 is 10.1 Å². The van der Waals surface area contributed by atoms with Crippen molar-refractivity contribution in [3.05, 3.63) is 29.3 Å². The van der Waals surface area contributed by atoms with Gasteiger partial charge in [0.2, 0.25) is 0 Å². The van der Waals surface area contributed by atoms with Gasteiger partial charge in [0, 0.05) is 6.42 Å². The second kappa shape index (κ2) is 7.01. The van der Waals surface area contributed by atoms with Crippen LogP contribution in [0.15, 0.2) is 18.2 Å². The zero-order valence-electron chi connectivity index (χ0n) is 11.4. The molecule has 0 fully saturated rings. The molecule has 1 rings (SSSR count). The fourth-order valence-corrected chi connectivity index (χ4v) is 1.83. The maximum Gasteiger partial charge on any atom is 0.322 e. The van der Waals surface area contributed by atoms with Crippen molar-refractivity contribution in [2.24, 2.45) is 0 Å². The van der Waals surface area contributed by atoms with Crippen LogP contribution in [0.1, 0.15) is 17.5 Å². The summed E-state index contributed by atoms with van der Waals surface area (Å²) in [6.07, 6.45) is 0.580. The molecule has 0 spiro atoms. The lowest BCUT2D eigenvalue weighted by molar-refractivity contribution is -0.143. The van der Waals surface area contributed by atoms with Gasteiger partial charge in [-0.3, -0.25) is 4.79 Å². The van der Waals surface area contributed by atoms with Crippen molar-refractivity contribution in [3.63, 3.8) is 0 Å². The van der Waals surface area contributed by atoms with Gasteiger partial charge in [-0.05, 0) is 44.2 Å². The number of aryl methyl sites for hydroxylation is 2. The number of hydrogen-bond donors (Lipinski definition) is 1. The van der Waals surface area contributed by atoms with Gasteiger partial charge in [0.25, 0.3) is 0 Å². The molecule has 1 aromatic carbocycles. The summed E-state index contributed by atoms with van der Waals surface area (Å²) < 4.78 is 10.3. The minimum Gasteiger partial charge on any atom is -0.494 e. The van der Waals surface area contributed by atoms with Gasteiger partial charge >= 0.3 is 5.97 Å². The van der Waals surface area contributed by atoms with Crippen molar-refractivity contribution in [2.75, 3.05) is 20.8 Å². The van der Waals surface area contributed by atoms with Gasteiger partial charge in [0.15, 0.2) is 0 Å². The number of nitrogens with one attached hydrogen (secondary N) is 1. The predicted molar refractivity (Wildman–Crippen MR) is 70.9 cm³/mol. The van der Waals surface area contributed by atoms with E-state index in [1.165, 1.54) is 18.2 Å². The van der Waals surface area contributed by atoms with Crippen LogP contribution >= 0.6 is 0 Å². The van der Waals surface area contributed by atoms with Crippen LogP contribution in [0.25, 0.3) is 0 Å². The molecule has 0 bridgehead atoms. The molecule has 1 unspecified atom stereocenters. The van der Waals surface area contributed by atoms with E-state index in [1.807, 2.05) is 26.0 Å². The molecule has 18 heavy (non-hydrogen) atoms. The molecule has 0 saturated carbocycles. The van der Waals surface area contributed by atoms with Gasteiger partial charge in [-0.1, -0.05) is 6.07 Å². The Kier molecular flexibility index (Phi) is 5.65. The molecule has 0 heterocycles. The maximum atomic E-state index is 11.4. The highest BCUT2D eigenvalue weighted by Crippen LogP contribution is 2.16. The maximum absolute atomic E-state index is 11.4. The molecule has 0 aromatic heterocycles. The first-order valence-electron chi connectivity index (χ1n) is 6.03. The molecular weight excluding hydrogens is 230 g/mol. The molecule has 0 amide bonds. The van der Waals surface area contributed by atoms with Crippen LogP contribution in [0.3, 0.4) is 0 Å². The zero-order valence-corrected chi connectivity index (χ0v) is 11.4. The first kappa shape index (κ1) is 14.5. The van der Waals surface area contributed by atoms with Crippen LogP contribution in [0, 0.1) is 13.8 Å². The number of methoxy groups -OCH3 is 1. The third-order valence-corrected chi connectivity index (χ3v) is 2.70. The number of benzene rings is 1. The Morgan fingerprint density at radius 1 is 1.28 bits per heavy atom. The average molecular weight is 251 g/mol. The molecule has 0 radical (unpaired) electrons. The van der Waals surface area contributed by atoms with Crippen LogP contribution in [0.4, 0.5) is 0 Å². The minimum absolute atomic E-state index is 0.262. The van der Waals surface area contributed by atoms with E-state index < -0.39 is 0 Å². The minimum atomic E-state index is -0.319. The normalized spacial score (nSPS) is 12.0. The van der Waals surface area contributed by atoms with Crippen molar-refractivity contribution in [1.82, 2.24) is 5.32 Å². The molecule has 1 atom stereocenters. The topological polar surface area (TPSA) is 47.6 Å². The second-order valence-corrected chi connectivity index (χ2v) is 4.32. The Balaban J connectivity index is 2.47. The first-order valence-corrected chi connectivity index (χ1v) is 6.03. The molecule has 4 heteroatoms. The highest BCUT2D eigenvalue weighted by Gasteiger charge is 2.16. The zero-order chi connectivity index (χ0) is 13.5. The van der Waals surface area contributed by atoms with Crippen LogP contribution in [-0.4, -0.2) is 32.8 Å². The van der Waals surface area contributed by atoms with E-state index in [0.29, 0.717) is 13.0 Å². The summed E-state index contributed by atoms with van der Waals surface area (Å²) in [7, 11) is 3.12. The van der Waals surface area contributed by atoms with Crippen molar-refractivity contribution < 1.29 is 14.3 Å². The van der Waals surface area contributed by atoms with E-state index in [2.05, 4.69) is 16.1 Å². The Bertz CT molecular complexity index is 384. The highest BCUT2D eigenvalue weighted by atomic mass is 16.5. The lowest BCUT2D eigenvalue weighted by Crippen LogP contribution is -2.36. The molecule has 100 valence electrons. The Labute approximate surface area is 108 Å². The molecule has 4 nitrogen and oxygen atoms in total. The van der Waals surface area contributed by atoms with E-state index in [-0.39, 0.29) is 12.0 Å². The largest absolute Gasteiger partial charge is 0.494 e. The van der Waals surface area contributed by atoms with Crippen LogP contribution in [0.5, 0.6) is 5.75 Å². The number of ether oxygens (including phenoxy) is 2. The highest BCUT2D eigenvalue weighted by molar-refractivity contribution is 5.75. The van der Waals surface area contributed by atoms with Gasteiger partial charge in [-0.25, -0.2) is 0 Å².